The molecule has 0 fully saturated rings. The number of carbonyl (C=O) groups is 1. The van der Waals surface area contributed by atoms with Crippen molar-refractivity contribution in [3.05, 3.63) is 35.8 Å². The molecule has 0 radical (unpaired) electrons. The molecule has 2 N–H and O–H groups in total. The summed E-state index contributed by atoms with van der Waals surface area (Å²) >= 11 is 0. The van der Waals surface area contributed by atoms with Crippen LogP contribution in [0.25, 0.3) is 0 Å². The summed E-state index contributed by atoms with van der Waals surface area (Å²) in [4.78, 5) is 16.9. The third kappa shape index (κ3) is 1.26. The van der Waals surface area contributed by atoms with Crippen LogP contribution in [0.15, 0.2) is 40.8 Å². The first-order valence-corrected chi connectivity index (χ1v) is 3.96. The van der Waals surface area contributed by atoms with Gasteiger partial charge in [-0.15, -0.1) is 0 Å². The highest BCUT2D eigenvalue weighted by Crippen LogP contribution is 2.21. The van der Waals surface area contributed by atoms with Gasteiger partial charge in [0, 0.05) is 12.4 Å². The molecule has 2 aliphatic heterocycles. The number of amides is 1. The molecule has 0 saturated heterocycles. The summed E-state index contributed by atoms with van der Waals surface area (Å²) in [6, 6.07) is 0. The molecule has 0 aliphatic carbocycles. The summed E-state index contributed by atoms with van der Waals surface area (Å²) in [5.41, 5.74) is 6.50. The lowest BCUT2D eigenvalue weighted by Gasteiger charge is -2.26. The molecule has 4 heteroatoms. The van der Waals surface area contributed by atoms with E-state index in [1.165, 1.54) is 0 Å². The molecular weight excluding hydrogens is 166 g/mol. The first kappa shape index (κ1) is 7.79. The monoisotopic (exact) mass is 175 g/mol. The molecule has 0 atom stereocenters. The highest BCUT2D eigenvalue weighted by Gasteiger charge is 2.19. The van der Waals surface area contributed by atoms with Gasteiger partial charge in [0.05, 0.1) is 24.0 Å². The average Bonchev–Trinajstić information content (AvgIpc) is 2.17. The van der Waals surface area contributed by atoms with E-state index in [2.05, 4.69) is 4.99 Å². The highest BCUT2D eigenvalue weighted by molar-refractivity contribution is 5.97. The number of allylic oxidation sites excluding steroid dienone is 2. The minimum absolute atomic E-state index is 0.419. The van der Waals surface area contributed by atoms with Gasteiger partial charge in [0.15, 0.2) is 0 Å². The van der Waals surface area contributed by atoms with Crippen LogP contribution >= 0.6 is 0 Å². The van der Waals surface area contributed by atoms with Crippen LogP contribution in [-0.4, -0.2) is 23.6 Å². The van der Waals surface area contributed by atoms with E-state index >= 15 is 0 Å². The van der Waals surface area contributed by atoms with Gasteiger partial charge in [-0.25, -0.2) is 0 Å². The molecule has 0 aromatic heterocycles. The normalized spacial score (nSPS) is 19.2. The molecule has 4 nitrogen and oxygen atoms in total. The van der Waals surface area contributed by atoms with E-state index in [-0.39, 0.29) is 0 Å². The van der Waals surface area contributed by atoms with Crippen LogP contribution in [0, 0.1) is 0 Å². The van der Waals surface area contributed by atoms with E-state index in [0.29, 0.717) is 12.1 Å². The zero-order valence-electron chi connectivity index (χ0n) is 6.97. The van der Waals surface area contributed by atoms with Gasteiger partial charge < -0.3 is 10.6 Å². The summed E-state index contributed by atoms with van der Waals surface area (Å²) < 4.78 is 0. The van der Waals surface area contributed by atoms with Gasteiger partial charge in [0.1, 0.15) is 0 Å². The fourth-order valence-corrected chi connectivity index (χ4v) is 1.33. The standard InChI is InChI=1S/C9H9N3O/c10-9(13)7-2-1-4-12-5-3-11-6-8(7)12/h1-4,6H,5H2,(H2,10,13). The molecule has 2 heterocycles. The number of carbonyl (C=O) groups excluding carboxylic acids is 1. The summed E-state index contributed by atoms with van der Waals surface area (Å²) in [6.07, 6.45) is 8.81. The molecule has 66 valence electrons. The number of nitrogens with zero attached hydrogens (tertiary/aromatic N) is 2. The smallest absolute Gasteiger partial charge is 0.250 e. The molecule has 0 spiro atoms. The van der Waals surface area contributed by atoms with E-state index in [4.69, 9.17) is 5.73 Å². The maximum Gasteiger partial charge on any atom is 0.250 e. The van der Waals surface area contributed by atoms with Crippen LogP contribution in [0.3, 0.4) is 0 Å². The summed E-state index contributed by atoms with van der Waals surface area (Å²) in [7, 11) is 0. The van der Waals surface area contributed by atoms with Crippen LogP contribution in [0.2, 0.25) is 0 Å². The summed E-state index contributed by atoms with van der Waals surface area (Å²) in [5.74, 6) is -0.419. The Morgan fingerprint density at radius 3 is 3.23 bits per heavy atom. The second-order valence-electron chi connectivity index (χ2n) is 2.78. The Labute approximate surface area is 75.7 Å². The molecule has 0 saturated carbocycles. The molecule has 0 unspecified atom stereocenters. The predicted octanol–water partition coefficient (Wildman–Crippen LogP) is 0.153. The van der Waals surface area contributed by atoms with Crippen molar-refractivity contribution in [3.8, 4) is 0 Å². The second-order valence-corrected chi connectivity index (χ2v) is 2.78. The highest BCUT2D eigenvalue weighted by atomic mass is 16.1. The number of rotatable bonds is 1. The van der Waals surface area contributed by atoms with Crippen LogP contribution in [0.4, 0.5) is 0 Å². The molecule has 2 aliphatic rings. The van der Waals surface area contributed by atoms with E-state index in [9.17, 15) is 4.79 Å². The third-order valence-electron chi connectivity index (χ3n) is 1.96. The van der Waals surface area contributed by atoms with Gasteiger partial charge in [-0.2, -0.15) is 0 Å². The summed E-state index contributed by atoms with van der Waals surface area (Å²) in [6.45, 7) is 0.687. The first-order chi connectivity index (χ1) is 6.29. The van der Waals surface area contributed by atoms with E-state index in [1.54, 1.807) is 24.6 Å². The van der Waals surface area contributed by atoms with Crippen molar-refractivity contribution in [2.75, 3.05) is 6.54 Å². The van der Waals surface area contributed by atoms with Crippen LogP contribution in [0.5, 0.6) is 0 Å². The van der Waals surface area contributed by atoms with Gasteiger partial charge in [-0.1, -0.05) is 0 Å². The van der Waals surface area contributed by atoms with Gasteiger partial charge in [-0.3, -0.25) is 9.79 Å². The van der Waals surface area contributed by atoms with E-state index in [0.717, 1.165) is 5.70 Å². The minimum Gasteiger partial charge on any atom is -0.366 e. The first-order valence-electron chi connectivity index (χ1n) is 3.96. The zero-order valence-corrected chi connectivity index (χ0v) is 6.97. The minimum atomic E-state index is -0.419. The lowest BCUT2D eigenvalue weighted by molar-refractivity contribution is -0.114. The Hall–Kier alpha value is -1.84. The molecule has 0 aromatic carbocycles. The molecule has 1 amide bonds. The summed E-state index contributed by atoms with van der Waals surface area (Å²) in [5, 5.41) is 0. The Kier molecular flexibility index (Phi) is 1.73. The Morgan fingerprint density at radius 1 is 1.62 bits per heavy atom. The largest absolute Gasteiger partial charge is 0.366 e. The Balaban J connectivity index is 2.42. The molecule has 13 heavy (non-hydrogen) atoms. The zero-order chi connectivity index (χ0) is 9.26. The maximum absolute atomic E-state index is 11.0. The lowest BCUT2D eigenvalue weighted by Crippen LogP contribution is -2.29. The Bertz CT molecular complexity index is 363. The molecule has 0 aromatic rings. The average molecular weight is 175 g/mol. The van der Waals surface area contributed by atoms with Crippen molar-refractivity contribution in [1.82, 2.24) is 4.90 Å². The van der Waals surface area contributed by atoms with Crippen molar-refractivity contribution in [2.45, 2.75) is 0 Å². The number of aliphatic imine (C=N–C) groups is 1. The number of primary amides is 1. The van der Waals surface area contributed by atoms with Gasteiger partial charge in [0.25, 0.3) is 5.91 Å². The fraction of sp³-hybridized carbons (Fsp3) is 0.111. The molecule has 2 rings (SSSR count). The van der Waals surface area contributed by atoms with E-state index < -0.39 is 5.91 Å². The number of hydrogen-bond acceptors (Lipinski definition) is 3. The third-order valence-corrected chi connectivity index (χ3v) is 1.96. The van der Waals surface area contributed by atoms with Crippen molar-refractivity contribution < 1.29 is 4.79 Å². The number of hydrogen-bond donors (Lipinski definition) is 1. The van der Waals surface area contributed by atoms with Crippen molar-refractivity contribution in [1.29, 1.82) is 0 Å². The van der Waals surface area contributed by atoms with Gasteiger partial charge in [0.2, 0.25) is 0 Å². The topological polar surface area (TPSA) is 58.7 Å². The predicted molar refractivity (Wildman–Crippen MR) is 49.7 cm³/mol. The van der Waals surface area contributed by atoms with Crippen molar-refractivity contribution in [3.63, 3.8) is 0 Å². The Morgan fingerprint density at radius 2 is 2.46 bits per heavy atom. The van der Waals surface area contributed by atoms with Crippen molar-refractivity contribution in [2.24, 2.45) is 10.7 Å². The quantitative estimate of drug-likeness (QED) is 0.616. The SMILES string of the molecule is NC(=O)C1=CC=CN2CC=NC=C12. The maximum atomic E-state index is 11.0. The fourth-order valence-electron chi connectivity index (χ4n) is 1.33. The molecule has 0 bridgehead atoms. The van der Waals surface area contributed by atoms with Crippen molar-refractivity contribution >= 4 is 12.1 Å². The van der Waals surface area contributed by atoms with Crippen LogP contribution in [-0.2, 0) is 4.79 Å². The van der Waals surface area contributed by atoms with Gasteiger partial charge >= 0.3 is 0 Å². The van der Waals surface area contributed by atoms with Crippen LogP contribution in [0.1, 0.15) is 0 Å². The van der Waals surface area contributed by atoms with E-state index in [1.807, 2.05) is 11.1 Å². The van der Waals surface area contributed by atoms with Gasteiger partial charge in [-0.05, 0) is 12.2 Å². The lowest BCUT2D eigenvalue weighted by atomic mass is 10.1. The van der Waals surface area contributed by atoms with Crippen LogP contribution < -0.4 is 5.73 Å². The number of nitrogens with two attached hydrogens (primary N) is 1. The second kappa shape index (κ2) is 2.90. The molecular formula is C9H9N3O. The number of fused-ring (bicyclic) bond motifs is 1.